The van der Waals surface area contributed by atoms with Gasteiger partial charge in [0.1, 0.15) is 36.3 Å². The number of aromatic carboxylic acids is 1. The molecule has 0 aromatic heterocycles. The molecule has 1 atom stereocenters. The van der Waals surface area contributed by atoms with Gasteiger partial charge in [0.2, 0.25) is 5.36 Å². The summed E-state index contributed by atoms with van der Waals surface area (Å²) >= 11 is 0. The second kappa shape index (κ2) is 9.78. The van der Waals surface area contributed by atoms with E-state index in [0.717, 1.165) is 53.7 Å². The number of hydrogen-bond donors (Lipinski definition) is 2. The molecule has 8 heteroatoms. The number of benzene rings is 3. The van der Waals surface area contributed by atoms with Crippen LogP contribution in [0.4, 0.5) is 11.4 Å². The van der Waals surface area contributed by atoms with E-state index in [1.165, 1.54) is 0 Å². The van der Waals surface area contributed by atoms with Crippen molar-refractivity contribution in [2.75, 3.05) is 31.1 Å². The van der Waals surface area contributed by atoms with Crippen LogP contribution < -0.4 is 20.6 Å². The summed E-state index contributed by atoms with van der Waals surface area (Å²) in [5.74, 6) is -0.375. The zero-order chi connectivity index (χ0) is 26.3. The van der Waals surface area contributed by atoms with Gasteiger partial charge in [0.25, 0.3) is 0 Å². The van der Waals surface area contributed by atoms with E-state index >= 15 is 0 Å². The third-order valence-electron chi connectivity index (χ3n) is 7.24. The molecular formula is C29H32N5O3+. The summed E-state index contributed by atoms with van der Waals surface area (Å²) in [7, 11) is 0. The van der Waals surface area contributed by atoms with Crippen molar-refractivity contribution in [3.8, 4) is 22.5 Å². The minimum absolute atomic E-state index is 0.101. The maximum atomic E-state index is 12.6. The Labute approximate surface area is 215 Å². The third-order valence-corrected chi connectivity index (χ3v) is 7.24. The van der Waals surface area contributed by atoms with E-state index in [2.05, 4.69) is 59.5 Å². The highest BCUT2D eigenvalue weighted by Crippen LogP contribution is 2.46. The van der Waals surface area contributed by atoms with Gasteiger partial charge >= 0.3 is 5.97 Å². The molecule has 2 aliphatic heterocycles. The van der Waals surface area contributed by atoms with Crippen LogP contribution in [0.2, 0.25) is 0 Å². The summed E-state index contributed by atoms with van der Waals surface area (Å²) in [6.45, 7) is 12.0. The molecule has 0 fully saturated rings. The predicted molar refractivity (Wildman–Crippen MR) is 147 cm³/mol. The predicted octanol–water partition coefficient (Wildman–Crippen LogP) is 5.62. The fraction of sp³-hybridized carbons (Fsp3) is 0.310. The first-order valence-electron chi connectivity index (χ1n) is 12.8. The lowest BCUT2D eigenvalue weighted by atomic mass is 9.88. The Bertz CT molecular complexity index is 1580. The van der Waals surface area contributed by atoms with Gasteiger partial charge in [-0.05, 0) is 51.5 Å². The maximum Gasteiger partial charge on any atom is 0.338 e. The lowest BCUT2D eigenvalue weighted by Crippen LogP contribution is -2.29. The molecule has 5 rings (SSSR count). The SMILES string of the molecule is CCN(CC)c1ccc2c(-c3ccc4c(c3C(=O)O)N=NC4N)c3ccc(=[N+](CC)CC)cc-3oc2c1. The van der Waals surface area contributed by atoms with Crippen LogP contribution in [0, 0.1) is 0 Å². The van der Waals surface area contributed by atoms with Gasteiger partial charge in [-0.15, -0.1) is 0 Å². The van der Waals surface area contributed by atoms with Crippen LogP contribution in [0.15, 0.2) is 63.2 Å². The number of rotatable bonds is 7. The number of carboxylic acid groups (broad SMARTS) is 1. The number of carboxylic acids is 1. The first-order chi connectivity index (χ1) is 17.9. The zero-order valence-electron chi connectivity index (χ0n) is 21.7. The van der Waals surface area contributed by atoms with Gasteiger partial charge in [-0.1, -0.05) is 12.1 Å². The van der Waals surface area contributed by atoms with E-state index in [1.54, 1.807) is 0 Å². The summed E-state index contributed by atoms with van der Waals surface area (Å²) in [6.07, 6.45) is -0.658. The monoisotopic (exact) mass is 498 g/mol. The quantitative estimate of drug-likeness (QED) is 0.254. The highest BCUT2D eigenvalue weighted by atomic mass is 16.4. The van der Waals surface area contributed by atoms with Gasteiger partial charge in [0, 0.05) is 53.0 Å². The van der Waals surface area contributed by atoms with Crippen molar-refractivity contribution >= 4 is 28.3 Å². The molecule has 0 amide bonds. The van der Waals surface area contributed by atoms with E-state index in [-0.39, 0.29) is 5.56 Å². The van der Waals surface area contributed by atoms with Crippen LogP contribution in [0.3, 0.4) is 0 Å². The Balaban J connectivity index is 1.91. The summed E-state index contributed by atoms with van der Waals surface area (Å²) in [5.41, 5.74) is 11.0. The van der Waals surface area contributed by atoms with Crippen LogP contribution in [0.25, 0.3) is 33.4 Å². The van der Waals surface area contributed by atoms with Gasteiger partial charge in [0.05, 0.1) is 11.6 Å². The Morgan fingerprint density at radius 1 is 1.03 bits per heavy atom. The van der Waals surface area contributed by atoms with E-state index < -0.39 is 12.1 Å². The van der Waals surface area contributed by atoms with Crippen LogP contribution in [-0.4, -0.2) is 37.3 Å². The van der Waals surface area contributed by atoms with Crippen LogP contribution in [0.1, 0.15) is 49.8 Å². The van der Waals surface area contributed by atoms with Crippen molar-refractivity contribution in [1.82, 2.24) is 4.58 Å². The molecule has 0 saturated carbocycles. The van der Waals surface area contributed by atoms with Crippen LogP contribution in [0.5, 0.6) is 0 Å². The molecule has 190 valence electrons. The molecule has 0 saturated heterocycles. The number of anilines is 1. The number of nitrogens with zero attached hydrogens (tertiary/aromatic N) is 4. The van der Waals surface area contributed by atoms with E-state index in [0.29, 0.717) is 28.2 Å². The Morgan fingerprint density at radius 3 is 2.43 bits per heavy atom. The largest absolute Gasteiger partial charge is 0.478 e. The van der Waals surface area contributed by atoms with Gasteiger partial charge < -0.3 is 20.2 Å². The first kappa shape index (κ1) is 24.6. The van der Waals surface area contributed by atoms with Gasteiger partial charge in [-0.3, -0.25) is 0 Å². The summed E-state index contributed by atoms with van der Waals surface area (Å²) in [6, 6.07) is 15.9. The van der Waals surface area contributed by atoms with Crippen molar-refractivity contribution in [1.29, 1.82) is 0 Å². The Morgan fingerprint density at radius 2 is 1.76 bits per heavy atom. The molecule has 3 aliphatic rings. The molecule has 2 heterocycles. The number of hydrogen-bond acceptors (Lipinski definition) is 6. The average molecular weight is 499 g/mol. The number of fused-ring (bicyclic) bond motifs is 3. The van der Waals surface area contributed by atoms with Crippen molar-refractivity contribution in [3.05, 3.63) is 65.0 Å². The molecule has 0 radical (unpaired) electrons. The average Bonchev–Trinajstić information content (AvgIpc) is 3.28. The van der Waals surface area contributed by atoms with Crippen molar-refractivity contribution in [3.63, 3.8) is 0 Å². The lowest BCUT2D eigenvalue weighted by molar-refractivity contribution is 0.0698. The van der Waals surface area contributed by atoms with E-state index in [1.807, 2.05) is 36.4 Å². The Hall–Kier alpha value is -4.04. The molecule has 1 aliphatic carbocycles. The molecule has 3 N–H and O–H groups in total. The minimum atomic E-state index is -1.07. The molecular weight excluding hydrogens is 466 g/mol. The highest BCUT2D eigenvalue weighted by molar-refractivity contribution is 6.10. The second-order valence-electron chi connectivity index (χ2n) is 9.07. The van der Waals surface area contributed by atoms with Gasteiger partial charge in [-0.2, -0.15) is 10.2 Å². The van der Waals surface area contributed by atoms with Crippen molar-refractivity contribution < 1.29 is 14.3 Å². The zero-order valence-corrected chi connectivity index (χ0v) is 21.7. The fourth-order valence-electron chi connectivity index (χ4n) is 5.29. The smallest absolute Gasteiger partial charge is 0.338 e. The minimum Gasteiger partial charge on any atom is -0.478 e. The van der Waals surface area contributed by atoms with Crippen molar-refractivity contribution in [2.24, 2.45) is 16.0 Å². The highest BCUT2D eigenvalue weighted by Gasteiger charge is 2.29. The summed E-state index contributed by atoms with van der Waals surface area (Å²) < 4.78 is 8.77. The van der Waals surface area contributed by atoms with Crippen LogP contribution >= 0.6 is 0 Å². The molecule has 0 bridgehead atoms. The molecule has 2 aromatic carbocycles. The second-order valence-corrected chi connectivity index (χ2v) is 9.07. The number of nitrogens with two attached hydrogens (primary N) is 1. The topological polar surface area (TPSA) is 107 Å². The normalized spacial score (nSPS) is 14.4. The Kier molecular flexibility index (Phi) is 6.52. The van der Waals surface area contributed by atoms with Crippen molar-refractivity contribution in [2.45, 2.75) is 33.9 Å². The summed E-state index contributed by atoms with van der Waals surface area (Å²) in [4.78, 5) is 14.9. The molecule has 37 heavy (non-hydrogen) atoms. The lowest BCUT2D eigenvalue weighted by Gasteiger charge is -2.22. The molecule has 2 aromatic rings. The molecule has 8 nitrogen and oxygen atoms in total. The third kappa shape index (κ3) is 4.07. The standard InChI is InChI=1S/C29H31N5O3/c1-5-33(6-2)17-9-11-19-23(15-17)37-24-16-18(34(7-3)8-4)10-12-20(24)25(19)21-13-14-22-27(26(21)29(35)36)31-32-28(22)30/h9-16,28H,5-8,30H2,1-4H3/p+1. The molecule has 0 spiro atoms. The number of azo groups is 1. The number of carbonyl (C=O) groups is 1. The molecule has 1 unspecified atom stereocenters. The fourth-order valence-corrected chi connectivity index (χ4v) is 5.29. The van der Waals surface area contributed by atoms with Crippen LogP contribution in [-0.2, 0) is 0 Å². The van der Waals surface area contributed by atoms with Gasteiger partial charge in [0.15, 0.2) is 0 Å². The van der Waals surface area contributed by atoms with Gasteiger partial charge in [-0.25, -0.2) is 9.37 Å². The summed E-state index contributed by atoms with van der Waals surface area (Å²) in [5, 5.41) is 20.4. The maximum absolute atomic E-state index is 12.6. The van der Waals surface area contributed by atoms with E-state index in [4.69, 9.17) is 10.2 Å². The first-order valence-corrected chi connectivity index (χ1v) is 12.8. The van der Waals surface area contributed by atoms with E-state index in [9.17, 15) is 9.90 Å².